The first-order valence-corrected chi connectivity index (χ1v) is 9.70. The molecule has 0 aliphatic carbocycles. The predicted molar refractivity (Wildman–Crippen MR) is 114 cm³/mol. The zero-order valence-corrected chi connectivity index (χ0v) is 17.2. The molecule has 1 N–H and O–H groups in total. The van der Waals surface area contributed by atoms with Gasteiger partial charge in [0, 0.05) is 26.9 Å². The summed E-state index contributed by atoms with van der Waals surface area (Å²) in [4.78, 5) is 25.3. The SMILES string of the molecule is CC(C)Oc1ccc(C(=O)Nc2ccc(Br)c(C(=O)c3ccccc3)c2)cc1. The van der Waals surface area contributed by atoms with Crippen LogP contribution >= 0.6 is 15.9 Å². The Morgan fingerprint density at radius 3 is 2.21 bits per heavy atom. The highest BCUT2D eigenvalue weighted by Gasteiger charge is 2.14. The lowest BCUT2D eigenvalue weighted by atomic mass is 10.0. The first-order valence-electron chi connectivity index (χ1n) is 8.91. The average Bonchev–Trinajstić information content (AvgIpc) is 2.69. The molecule has 0 aliphatic heterocycles. The van der Waals surface area contributed by atoms with Crippen LogP contribution in [0.2, 0.25) is 0 Å². The molecule has 3 aromatic carbocycles. The molecule has 3 aromatic rings. The lowest BCUT2D eigenvalue weighted by Crippen LogP contribution is -2.13. The Hall–Kier alpha value is -2.92. The van der Waals surface area contributed by atoms with E-state index in [4.69, 9.17) is 4.74 Å². The van der Waals surface area contributed by atoms with Gasteiger partial charge in [-0.1, -0.05) is 46.3 Å². The fourth-order valence-corrected chi connectivity index (χ4v) is 3.11. The second-order valence-electron chi connectivity index (χ2n) is 6.53. The van der Waals surface area contributed by atoms with Gasteiger partial charge in [-0.05, 0) is 56.3 Å². The number of anilines is 1. The summed E-state index contributed by atoms with van der Waals surface area (Å²) >= 11 is 3.42. The Labute approximate surface area is 172 Å². The Bertz CT molecular complexity index is 982. The Balaban J connectivity index is 1.77. The van der Waals surface area contributed by atoms with E-state index in [9.17, 15) is 9.59 Å². The second kappa shape index (κ2) is 8.85. The molecule has 0 unspecified atom stereocenters. The third-order valence-corrected chi connectivity index (χ3v) is 4.68. The molecule has 142 valence electrons. The summed E-state index contributed by atoms with van der Waals surface area (Å²) in [5.74, 6) is 0.348. The number of rotatable bonds is 6. The van der Waals surface area contributed by atoms with E-state index in [0.717, 1.165) is 0 Å². The summed E-state index contributed by atoms with van der Waals surface area (Å²) in [6, 6.07) is 21.2. The third-order valence-electron chi connectivity index (χ3n) is 3.99. The molecule has 0 aliphatic rings. The molecular weight excluding hydrogens is 418 g/mol. The average molecular weight is 438 g/mol. The molecule has 0 saturated carbocycles. The number of ketones is 1. The van der Waals surface area contributed by atoms with Gasteiger partial charge in [0.25, 0.3) is 5.91 Å². The second-order valence-corrected chi connectivity index (χ2v) is 7.39. The van der Waals surface area contributed by atoms with E-state index in [-0.39, 0.29) is 17.8 Å². The number of hydrogen-bond donors (Lipinski definition) is 1. The zero-order valence-electron chi connectivity index (χ0n) is 15.6. The Morgan fingerprint density at radius 1 is 0.893 bits per heavy atom. The van der Waals surface area contributed by atoms with Crippen molar-refractivity contribution in [2.75, 3.05) is 5.32 Å². The van der Waals surface area contributed by atoms with Gasteiger partial charge in [-0.3, -0.25) is 9.59 Å². The zero-order chi connectivity index (χ0) is 20.1. The van der Waals surface area contributed by atoms with Crippen LogP contribution in [0, 0.1) is 0 Å². The Kier molecular flexibility index (Phi) is 6.26. The van der Waals surface area contributed by atoms with Crippen molar-refractivity contribution in [3.8, 4) is 5.75 Å². The molecule has 0 aromatic heterocycles. The molecule has 0 fully saturated rings. The smallest absolute Gasteiger partial charge is 0.255 e. The molecule has 5 heteroatoms. The van der Waals surface area contributed by atoms with Crippen molar-refractivity contribution in [1.82, 2.24) is 0 Å². The van der Waals surface area contributed by atoms with E-state index in [2.05, 4.69) is 21.2 Å². The number of carbonyl (C=O) groups excluding carboxylic acids is 2. The van der Waals surface area contributed by atoms with Crippen LogP contribution in [0.25, 0.3) is 0 Å². The van der Waals surface area contributed by atoms with Crippen molar-refractivity contribution >= 4 is 33.3 Å². The van der Waals surface area contributed by atoms with Crippen LogP contribution in [-0.2, 0) is 0 Å². The number of ether oxygens (including phenoxy) is 1. The van der Waals surface area contributed by atoms with E-state index in [1.807, 2.05) is 32.0 Å². The molecular formula is C23H20BrNO3. The van der Waals surface area contributed by atoms with Crippen LogP contribution in [0.4, 0.5) is 5.69 Å². The minimum absolute atomic E-state index is 0.0722. The van der Waals surface area contributed by atoms with Gasteiger partial charge >= 0.3 is 0 Å². The van der Waals surface area contributed by atoms with Crippen molar-refractivity contribution in [2.24, 2.45) is 0 Å². The summed E-state index contributed by atoms with van der Waals surface area (Å²) in [6.07, 6.45) is 0.0722. The predicted octanol–water partition coefficient (Wildman–Crippen LogP) is 5.72. The van der Waals surface area contributed by atoms with Crippen LogP contribution in [0.15, 0.2) is 77.3 Å². The first kappa shape index (κ1) is 19.8. The number of nitrogens with one attached hydrogen (secondary N) is 1. The van der Waals surface area contributed by atoms with E-state index in [1.165, 1.54) is 0 Å². The lowest BCUT2D eigenvalue weighted by Gasteiger charge is -2.11. The number of carbonyl (C=O) groups is 2. The molecule has 0 bridgehead atoms. The third kappa shape index (κ3) is 4.87. The minimum Gasteiger partial charge on any atom is -0.491 e. The number of hydrogen-bond acceptors (Lipinski definition) is 3. The monoisotopic (exact) mass is 437 g/mol. The topological polar surface area (TPSA) is 55.4 Å². The number of benzene rings is 3. The highest BCUT2D eigenvalue weighted by atomic mass is 79.9. The highest BCUT2D eigenvalue weighted by Crippen LogP contribution is 2.24. The Morgan fingerprint density at radius 2 is 1.57 bits per heavy atom. The van der Waals surface area contributed by atoms with Crippen LogP contribution < -0.4 is 10.1 Å². The molecule has 0 saturated heterocycles. The van der Waals surface area contributed by atoms with E-state index >= 15 is 0 Å². The van der Waals surface area contributed by atoms with E-state index < -0.39 is 0 Å². The molecule has 0 spiro atoms. The van der Waals surface area contributed by atoms with Crippen molar-refractivity contribution in [3.05, 3.63) is 94.0 Å². The van der Waals surface area contributed by atoms with Crippen molar-refractivity contribution in [2.45, 2.75) is 20.0 Å². The summed E-state index contributed by atoms with van der Waals surface area (Å²) in [5, 5.41) is 2.84. The van der Waals surface area contributed by atoms with Crippen molar-refractivity contribution in [1.29, 1.82) is 0 Å². The van der Waals surface area contributed by atoms with Gasteiger partial charge in [0.05, 0.1) is 6.10 Å². The standard InChI is InChI=1S/C23H20BrNO3/c1-15(2)28-19-11-8-17(9-12-19)23(27)25-18-10-13-21(24)20(14-18)22(26)16-6-4-3-5-7-16/h3-15H,1-2H3,(H,25,27). The number of halogens is 1. The maximum atomic E-state index is 12.7. The van der Waals surface area contributed by atoms with Crippen molar-refractivity contribution in [3.63, 3.8) is 0 Å². The van der Waals surface area contributed by atoms with Gasteiger partial charge in [0.1, 0.15) is 5.75 Å². The minimum atomic E-state index is -0.253. The van der Waals surface area contributed by atoms with Crippen LogP contribution in [-0.4, -0.2) is 17.8 Å². The first-order chi connectivity index (χ1) is 13.4. The highest BCUT2D eigenvalue weighted by molar-refractivity contribution is 9.10. The van der Waals surface area contributed by atoms with Crippen LogP contribution in [0.1, 0.15) is 40.1 Å². The normalized spacial score (nSPS) is 10.6. The maximum absolute atomic E-state index is 12.7. The van der Waals surface area contributed by atoms with Gasteiger partial charge in [0.15, 0.2) is 5.78 Å². The van der Waals surface area contributed by atoms with Gasteiger partial charge in [-0.2, -0.15) is 0 Å². The molecule has 0 atom stereocenters. The molecule has 3 rings (SSSR count). The summed E-state index contributed by atoms with van der Waals surface area (Å²) in [6.45, 7) is 3.89. The van der Waals surface area contributed by atoms with Crippen LogP contribution in [0.3, 0.4) is 0 Å². The molecule has 0 radical (unpaired) electrons. The molecule has 0 heterocycles. The van der Waals surface area contributed by atoms with Crippen molar-refractivity contribution < 1.29 is 14.3 Å². The fraction of sp³-hybridized carbons (Fsp3) is 0.130. The molecule has 4 nitrogen and oxygen atoms in total. The molecule has 1 amide bonds. The van der Waals surface area contributed by atoms with E-state index in [0.29, 0.717) is 32.6 Å². The van der Waals surface area contributed by atoms with Crippen LogP contribution in [0.5, 0.6) is 5.75 Å². The van der Waals surface area contributed by atoms with Gasteiger partial charge in [-0.15, -0.1) is 0 Å². The summed E-state index contributed by atoms with van der Waals surface area (Å²) < 4.78 is 6.27. The quantitative estimate of drug-likeness (QED) is 0.501. The van der Waals surface area contributed by atoms with Gasteiger partial charge < -0.3 is 10.1 Å². The summed E-state index contributed by atoms with van der Waals surface area (Å²) in [7, 11) is 0. The van der Waals surface area contributed by atoms with Gasteiger partial charge in [0.2, 0.25) is 0 Å². The molecule has 28 heavy (non-hydrogen) atoms. The lowest BCUT2D eigenvalue weighted by molar-refractivity contribution is 0.102. The van der Waals surface area contributed by atoms with E-state index in [1.54, 1.807) is 54.6 Å². The van der Waals surface area contributed by atoms with Gasteiger partial charge in [-0.25, -0.2) is 0 Å². The summed E-state index contributed by atoms with van der Waals surface area (Å²) in [5.41, 5.74) is 2.14. The maximum Gasteiger partial charge on any atom is 0.255 e. The number of amides is 1. The largest absolute Gasteiger partial charge is 0.491 e. The fourth-order valence-electron chi connectivity index (χ4n) is 2.68.